The minimum atomic E-state index is -2.15. The van der Waals surface area contributed by atoms with Crippen LogP contribution < -0.4 is 5.30 Å². The summed E-state index contributed by atoms with van der Waals surface area (Å²) in [6.07, 6.45) is 29.3. The van der Waals surface area contributed by atoms with E-state index in [1.54, 1.807) is 27.1 Å². The molecule has 0 N–H and O–H groups in total. The summed E-state index contributed by atoms with van der Waals surface area (Å²) in [6, 6.07) is 11.5. The Kier molecular flexibility index (Phi) is 8.57. The molecular weight excluding hydrogens is 451 g/mol. The maximum atomic E-state index is 2.57. The van der Waals surface area contributed by atoms with E-state index in [1.807, 2.05) is 0 Å². The number of allylic oxidation sites excluding steroid dienone is 14. The average Bonchev–Trinajstić information content (AvgIpc) is 2.85. The summed E-state index contributed by atoms with van der Waals surface area (Å²) < 4.78 is 0. The third-order valence-electron chi connectivity index (χ3n) is 8.69. The van der Waals surface area contributed by atoms with Crippen LogP contribution in [0.15, 0.2) is 112 Å². The molecule has 0 saturated carbocycles. The number of hydrogen-bond acceptors (Lipinski definition) is 0. The zero-order chi connectivity index (χ0) is 25.8. The molecule has 3 aliphatic rings. The molecule has 0 saturated heterocycles. The van der Waals surface area contributed by atoms with Crippen molar-refractivity contribution in [2.45, 2.75) is 73.6 Å². The summed E-state index contributed by atoms with van der Waals surface area (Å²) in [7, 11) is -2.15. The van der Waals surface area contributed by atoms with Crippen molar-refractivity contribution in [2.75, 3.05) is 6.16 Å². The molecule has 1 aromatic rings. The van der Waals surface area contributed by atoms with Gasteiger partial charge in [0.1, 0.15) is 0 Å². The molecule has 0 amide bonds. The Labute approximate surface area is 221 Å². The van der Waals surface area contributed by atoms with Crippen molar-refractivity contribution in [2.24, 2.45) is 17.3 Å². The van der Waals surface area contributed by atoms with E-state index in [2.05, 4.69) is 127 Å². The van der Waals surface area contributed by atoms with Crippen LogP contribution in [0.25, 0.3) is 0 Å². The first-order valence-corrected chi connectivity index (χ1v) is 16.3. The average molecular weight is 499 g/mol. The molecule has 0 nitrogen and oxygen atoms in total. The van der Waals surface area contributed by atoms with Gasteiger partial charge in [-0.1, -0.05) is 0 Å². The van der Waals surface area contributed by atoms with Gasteiger partial charge in [-0.2, -0.15) is 0 Å². The molecule has 36 heavy (non-hydrogen) atoms. The zero-order valence-electron chi connectivity index (χ0n) is 23.5. The fraction of sp³-hybridized carbons (Fsp3) is 0.429. The van der Waals surface area contributed by atoms with Crippen LogP contribution in [-0.2, 0) is 0 Å². The number of rotatable bonds is 7. The predicted molar refractivity (Wildman–Crippen MR) is 164 cm³/mol. The van der Waals surface area contributed by atoms with Gasteiger partial charge in [-0.25, -0.2) is 0 Å². The molecule has 0 heterocycles. The van der Waals surface area contributed by atoms with Crippen LogP contribution in [-0.4, -0.2) is 6.16 Å². The molecule has 0 aromatic heterocycles. The van der Waals surface area contributed by atoms with Crippen molar-refractivity contribution in [1.82, 2.24) is 0 Å². The van der Waals surface area contributed by atoms with Crippen molar-refractivity contribution in [1.29, 1.82) is 0 Å². The molecule has 2 unspecified atom stereocenters. The van der Waals surface area contributed by atoms with Crippen LogP contribution in [0.3, 0.4) is 0 Å². The molecule has 0 radical (unpaired) electrons. The molecular formula is C35H47P. The quantitative estimate of drug-likeness (QED) is 0.259. The Hall–Kier alpha value is -2.17. The Morgan fingerprint density at radius 2 is 1.86 bits per heavy atom. The van der Waals surface area contributed by atoms with E-state index in [0.717, 1.165) is 12.6 Å². The fourth-order valence-electron chi connectivity index (χ4n) is 6.44. The predicted octanol–water partition coefficient (Wildman–Crippen LogP) is 10.1. The monoisotopic (exact) mass is 498 g/mol. The van der Waals surface area contributed by atoms with Crippen LogP contribution in [0.2, 0.25) is 0 Å². The Morgan fingerprint density at radius 3 is 2.53 bits per heavy atom. The van der Waals surface area contributed by atoms with E-state index >= 15 is 0 Å². The van der Waals surface area contributed by atoms with Crippen LogP contribution in [0, 0.1) is 17.3 Å². The molecule has 2 atom stereocenters. The summed E-state index contributed by atoms with van der Waals surface area (Å²) in [5, 5.41) is 4.82. The Morgan fingerprint density at radius 1 is 1.08 bits per heavy atom. The second-order valence-corrected chi connectivity index (χ2v) is 16.2. The van der Waals surface area contributed by atoms with Crippen molar-refractivity contribution in [3.63, 3.8) is 0 Å². The van der Waals surface area contributed by atoms with Gasteiger partial charge in [-0.05, 0) is 0 Å². The number of hydrogen-bond donors (Lipinski definition) is 0. The number of benzene rings is 1. The summed E-state index contributed by atoms with van der Waals surface area (Å²) in [5.41, 5.74) is 4.79. The van der Waals surface area contributed by atoms with E-state index in [1.165, 1.54) is 31.3 Å². The molecule has 3 aliphatic carbocycles. The molecule has 192 valence electrons. The first-order valence-electron chi connectivity index (χ1n) is 14.1. The Bertz CT molecular complexity index is 1150. The molecule has 0 fully saturated rings. The van der Waals surface area contributed by atoms with Crippen LogP contribution in [0.4, 0.5) is 0 Å². The van der Waals surface area contributed by atoms with Gasteiger partial charge in [0.2, 0.25) is 0 Å². The van der Waals surface area contributed by atoms with Gasteiger partial charge in [-0.3, -0.25) is 0 Å². The second-order valence-electron chi connectivity index (χ2n) is 12.2. The summed E-state index contributed by atoms with van der Waals surface area (Å²) in [6.45, 7) is 14.2. The summed E-state index contributed by atoms with van der Waals surface area (Å²) in [5.74, 6) is 1.23. The van der Waals surface area contributed by atoms with Crippen molar-refractivity contribution in [3.8, 4) is 0 Å². The zero-order valence-corrected chi connectivity index (χ0v) is 24.5. The van der Waals surface area contributed by atoms with Crippen LogP contribution >= 0.6 is 7.26 Å². The minimum absolute atomic E-state index is 0.283. The molecule has 1 aromatic carbocycles. The first-order chi connectivity index (χ1) is 17.2. The van der Waals surface area contributed by atoms with E-state index in [4.69, 9.17) is 0 Å². The molecule has 0 bridgehead atoms. The van der Waals surface area contributed by atoms with E-state index in [9.17, 15) is 0 Å². The van der Waals surface area contributed by atoms with Crippen LogP contribution in [0.1, 0.15) is 73.6 Å². The van der Waals surface area contributed by atoms with E-state index < -0.39 is 7.26 Å². The van der Waals surface area contributed by atoms with Gasteiger partial charge in [0.25, 0.3) is 0 Å². The topological polar surface area (TPSA) is 0 Å². The van der Waals surface area contributed by atoms with Crippen molar-refractivity contribution < 1.29 is 0 Å². The van der Waals surface area contributed by atoms with Gasteiger partial charge in [0.05, 0.1) is 0 Å². The maximum absolute atomic E-state index is 2.57. The van der Waals surface area contributed by atoms with Crippen LogP contribution in [0.5, 0.6) is 0 Å². The molecule has 4 rings (SSSR count). The van der Waals surface area contributed by atoms with E-state index in [-0.39, 0.29) is 5.41 Å². The molecule has 1 heteroatoms. The van der Waals surface area contributed by atoms with Gasteiger partial charge in [0.15, 0.2) is 0 Å². The third-order valence-corrected chi connectivity index (χ3v) is 13.6. The SMILES string of the molecule is CC1=C(/C=C/C(C)=C/C[PH](C2=CCC(C)C=C2)(C2=CC=CC(C)C2)c2ccccc2)C(C)(C)CCC1. The summed E-state index contributed by atoms with van der Waals surface area (Å²) >= 11 is 0. The first kappa shape index (κ1) is 26.9. The fourth-order valence-corrected chi connectivity index (χ4v) is 11.5. The van der Waals surface area contributed by atoms with Gasteiger partial charge in [0, 0.05) is 0 Å². The van der Waals surface area contributed by atoms with E-state index in [0.29, 0.717) is 11.8 Å². The standard InChI is InChI=1S/C35H47P/c1-27-17-20-32(21-18-27)36(31-14-8-7-9-15-31,33-16-10-12-29(3)26-33)25-23-28(2)19-22-34-30(4)13-11-24-35(34,5)6/h7-10,12,14-17,19-23,27,29,36H,11,13,18,24-26H2,1-6H3/b22-19+,28-23+. The Balaban J connectivity index is 1.76. The normalized spacial score (nSPS) is 25.2. The van der Waals surface area contributed by atoms with Crippen molar-refractivity contribution >= 4 is 12.6 Å². The second kappa shape index (κ2) is 11.5. The van der Waals surface area contributed by atoms with Crippen molar-refractivity contribution in [3.05, 3.63) is 112 Å². The third kappa shape index (κ3) is 5.86. The summed E-state index contributed by atoms with van der Waals surface area (Å²) in [4.78, 5) is 0. The van der Waals surface area contributed by atoms with Gasteiger partial charge in [-0.15, -0.1) is 0 Å². The van der Waals surface area contributed by atoms with Gasteiger partial charge < -0.3 is 0 Å². The molecule has 0 aliphatic heterocycles. The molecule has 0 spiro atoms. The van der Waals surface area contributed by atoms with Gasteiger partial charge >= 0.3 is 222 Å².